The average Bonchev–Trinajstić information content (AvgIpc) is 3.08. The molecule has 0 fully saturated rings. The minimum Gasteiger partial charge on any atom is -0.493 e. The van der Waals surface area contributed by atoms with E-state index in [1.54, 1.807) is 23.9 Å². The Morgan fingerprint density at radius 3 is 2.41 bits per heavy atom. The first-order valence-corrected chi connectivity index (χ1v) is 9.73. The zero-order valence-electron chi connectivity index (χ0n) is 15.3. The van der Waals surface area contributed by atoms with Gasteiger partial charge in [-0.1, -0.05) is 30.3 Å². The lowest BCUT2D eigenvalue weighted by Gasteiger charge is -2.13. The van der Waals surface area contributed by atoms with E-state index in [-0.39, 0.29) is 4.90 Å². The SMILES string of the molecule is COc1cc(C)c(S(=O)(=O)Nc2cnn(Cc3ccccc3)c2)cc1OC. The summed E-state index contributed by atoms with van der Waals surface area (Å²) in [5.74, 6) is 0.827. The molecule has 0 aliphatic rings. The molecule has 0 saturated carbocycles. The summed E-state index contributed by atoms with van der Waals surface area (Å²) < 4.78 is 40.3. The summed E-state index contributed by atoms with van der Waals surface area (Å²) in [7, 11) is -0.832. The summed E-state index contributed by atoms with van der Waals surface area (Å²) in [6, 6.07) is 12.9. The molecule has 8 heteroatoms. The quantitative estimate of drug-likeness (QED) is 0.674. The molecule has 3 aromatic rings. The van der Waals surface area contributed by atoms with Gasteiger partial charge in [0.2, 0.25) is 0 Å². The number of hydrogen-bond acceptors (Lipinski definition) is 5. The Morgan fingerprint density at radius 1 is 1.07 bits per heavy atom. The second kappa shape index (κ2) is 7.71. The molecule has 0 radical (unpaired) electrons. The van der Waals surface area contributed by atoms with Crippen molar-refractivity contribution >= 4 is 15.7 Å². The molecule has 3 rings (SSSR count). The highest BCUT2D eigenvalue weighted by atomic mass is 32.2. The summed E-state index contributed by atoms with van der Waals surface area (Å²) in [4.78, 5) is 0.121. The van der Waals surface area contributed by atoms with Crippen molar-refractivity contribution in [2.75, 3.05) is 18.9 Å². The van der Waals surface area contributed by atoms with Crippen LogP contribution >= 0.6 is 0 Å². The zero-order valence-corrected chi connectivity index (χ0v) is 16.2. The number of nitrogens with one attached hydrogen (secondary N) is 1. The highest BCUT2D eigenvalue weighted by Crippen LogP contribution is 2.33. The van der Waals surface area contributed by atoms with Crippen molar-refractivity contribution in [3.63, 3.8) is 0 Å². The van der Waals surface area contributed by atoms with Crippen molar-refractivity contribution in [3.05, 3.63) is 66.0 Å². The van der Waals surface area contributed by atoms with Gasteiger partial charge in [0, 0.05) is 12.3 Å². The summed E-state index contributed by atoms with van der Waals surface area (Å²) in [5, 5.41) is 4.22. The van der Waals surface area contributed by atoms with Gasteiger partial charge in [-0.3, -0.25) is 9.40 Å². The molecule has 27 heavy (non-hydrogen) atoms. The van der Waals surface area contributed by atoms with Crippen LogP contribution in [0.25, 0.3) is 0 Å². The number of anilines is 1. The van der Waals surface area contributed by atoms with Crippen LogP contribution < -0.4 is 14.2 Å². The Kier molecular flexibility index (Phi) is 5.36. The van der Waals surface area contributed by atoms with E-state index in [9.17, 15) is 8.42 Å². The third-order valence-electron chi connectivity index (χ3n) is 4.04. The highest BCUT2D eigenvalue weighted by Gasteiger charge is 2.21. The summed E-state index contributed by atoms with van der Waals surface area (Å²) in [6.45, 7) is 2.26. The number of aryl methyl sites for hydroxylation is 1. The van der Waals surface area contributed by atoms with Gasteiger partial charge in [0.05, 0.1) is 37.5 Å². The van der Waals surface area contributed by atoms with Crippen LogP contribution in [0.2, 0.25) is 0 Å². The molecule has 1 N–H and O–H groups in total. The molecule has 2 aromatic carbocycles. The smallest absolute Gasteiger partial charge is 0.262 e. The molecule has 0 unspecified atom stereocenters. The molecule has 0 spiro atoms. The maximum Gasteiger partial charge on any atom is 0.262 e. The standard InChI is InChI=1S/C19H21N3O4S/c1-14-9-17(25-2)18(26-3)10-19(14)27(23,24)21-16-11-20-22(13-16)12-15-7-5-4-6-8-15/h4-11,13,21H,12H2,1-3H3. The Labute approximate surface area is 158 Å². The Morgan fingerprint density at radius 2 is 1.74 bits per heavy atom. The van der Waals surface area contributed by atoms with Gasteiger partial charge in [-0.25, -0.2) is 8.42 Å². The third-order valence-corrected chi connectivity index (χ3v) is 5.57. The molecule has 0 bridgehead atoms. The fourth-order valence-corrected chi connectivity index (χ4v) is 4.01. The van der Waals surface area contributed by atoms with E-state index in [0.717, 1.165) is 5.56 Å². The van der Waals surface area contributed by atoms with Crippen LogP contribution in [0.15, 0.2) is 59.8 Å². The lowest BCUT2D eigenvalue weighted by molar-refractivity contribution is 0.353. The maximum atomic E-state index is 12.8. The van der Waals surface area contributed by atoms with Crippen molar-refractivity contribution in [3.8, 4) is 11.5 Å². The van der Waals surface area contributed by atoms with Gasteiger partial charge in [0.15, 0.2) is 11.5 Å². The van der Waals surface area contributed by atoms with Gasteiger partial charge in [0.25, 0.3) is 10.0 Å². The maximum absolute atomic E-state index is 12.8. The first-order chi connectivity index (χ1) is 12.9. The molecule has 0 saturated heterocycles. The monoisotopic (exact) mass is 387 g/mol. The fourth-order valence-electron chi connectivity index (χ4n) is 2.73. The van der Waals surface area contributed by atoms with Crippen molar-refractivity contribution in [1.82, 2.24) is 9.78 Å². The molecular formula is C19H21N3O4S. The van der Waals surface area contributed by atoms with Gasteiger partial charge in [-0.2, -0.15) is 5.10 Å². The van der Waals surface area contributed by atoms with E-state index >= 15 is 0 Å². The molecule has 142 valence electrons. The van der Waals surface area contributed by atoms with E-state index in [4.69, 9.17) is 9.47 Å². The number of sulfonamides is 1. The molecule has 0 aliphatic heterocycles. The van der Waals surface area contributed by atoms with Crippen LogP contribution in [-0.2, 0) is 16.6 Å². The fraction of sp³-hybridized carbons (Fsp3) is 0.211. The Hall–Kier alpha value is -3.00. The highest BCUT2D eigenvalue weighted by molar-refractivity contribution is 7.92. The molecular weight excluding hydrogens is 366 g/mol. The molecule has 1 heterocycles. The number of ether oxygens (including phenoxy) is 2. The second-order valence-electron chi connectivity index (χ2n) is 5.99. The molecule has 1 aromatic heterocycles. The number of rotatable bonds is 7. The Balaban J connectivity index is 1.83. The van der Waals surface area contributed by atoms with Crippen LogP contribution in [0.4, 0.5) is 5.69 Å². The van der Waals surface area contributed by atoms with Crippen LogP contribution in [-0.4, -0.2) is 32.4 Å². The van der Waals surface area contributed by atoms with Gasteiger partial charge in [-0.15, -0.1) is 0 Å². The van der Waals surface area contributed by atoms with E-state index in [1.165, 1.54) is 26.5 Å². The average molecular weight is 387 g/mol. The zero-order chi connectivity index (χ0) is 19.4. The number of nitrogens with zero attached hydrogens (tertiary/aromatic N) is 2. The normalized spacial score (nSPS) is 11.2. The molecule has 0 amide bonds. The van der Waals surface area contributed by atoms with Crippen molar-refractivity contribution in [1.29, 1.82) is 0 Å². The third kappa shape index (κ3) is 4.22. The largest absolute Gasteiger partial charge is 0.493 e. The lowest BCUT2D eigenvalue weighted by atomic mass is 10.2. The van der Waals surface area contributed by atoms with Crippen LogP contribution in [0.1, 0.15) is 11.1 Å². The number of aromatic nitrogens is 2. The van der Waals surface area contributed by atoms with E-state index in [0.29, 0.717) is 29.3 Å². The Bertz CT molecular complexity index is 1030. The molecule has 7 nitrogen and oxygen atoms in total. The second-order valence-corrected chi connectivity index (χ2v) is 7.64. The number of methoxy groups -OCH3 is 2. The van der Waals surface area contributed by atoms with Gasteiger partial charge < -0.3 is 9.47 Å². The van der Waals surface area contributed by atoms with Crippen LogP contribution in [0.3, 0.4) is 0 Å². The van der Waals surface area contributed by atoms with Crippen LogP contribution in [0, 0.1) is 6.92 Å². The minimum atomic E-state index is -3.80. The van der Waals surface area contributed by atoms with Crippen LogP contribution in [0.5, 0.6) is 11.5 Å². The minimum absolute atomic E-state index is 0.121. The van der Waals surface area contributed by atoms with Crippen molar-refractivity contribution in [2.45, 2.75) is 18.4 Å². The van der Waals surface area contributed by atoms with Gasteiger partial charge in [-0.05, 0) is 24.1 Å². The van der Waals surface area contributed by atoms with Gasteiger partial charge in [0.1, 0.15) is 0 Å². The van der Waals surface area contributed by atoms with Gasteiger partial charge >= 0.3 is 0 Å². The van der Waals surface area contributed by atoms with Crippen molar-refractivity contribution < 1.29 is 17.9 Å². The first kappa shape index (κ1) is 18.8. The first-order valence-electron chi connectivity index (χ1n) is 8.25. The number of benzene rings is 2. The predicted octanol–water partition coefficient (Wildman–Crippen LogP) is 3.06. The topological polar surface area (TPSA) is 82.5 Å². The molecule has 0 aliphatic carbocycles. The summed E-state index contributed by atoms with van der Waals surface area (Å²) in [5.41, 5.74) is 2.02. The summed E-state index contributed by atoms with van der Waals surface area (Å²) >= 11 is 0. The number of hydrogen-bond donors (Lipinski definition) is 1. The van der Waals surface area contributed by atoms with E-state index in [2.05, 4.69) is 9.82 Å². The summed E-state index contributed by atoms with van der Waals surface area (Å²) in [6.07, 6.45) is 3.14. The predicted molar refractivity (Wildman–Crippen MR) is 103 cm³/mol. The van der Waals surface area contributed by atoms with Crippen molar-refractivity contribution in [2.24, 2.45) is 0 Å². The van der Waals surface area contributed by atoms with E-state index in [1.807, 2.05) is 30.3 Å². The van der Waals surface area contributed by atoms with E-state index < -0.39 is 10.0 Å². The molecule has 0 atom stereocenters. The lowest BCUT2D eigenvalue weighted by Crippen LogP contribution is -2.14.